The first-order valence-electron chi connectivity index (χ1n) is 8.39. The topological polar surface area (TPSA) is 76.9 Å². The summed E-state index contributed by atoms with van der Waals surface area (Å²) in [6.07, 6.45) is 1.42. The predicted octanol–water partition coefficient (Wildman–Crippen LogP) is 4.49. The van der Waals surface area contributed by atoms with Crippen molar-refractivity contribution in [2.75, 3.05) is 5.32 Å². The summed E-state index contributed by atoms with van der Waals surface area (Å²) in [5.74, 6) is -0.329. The van der Waals surface area contributed by atoms with Gasteiger partial charge < -0.3 is 5.32 Å². The summed E-state index contributed by atoms with van der Waals surface area (Å²) in [7, 11) is 0. The van der Waals surface area contributed by atoms with E-state index in [2.05, 4.69) is 15.3 Å². The van der Waals surface area contributed by atoms with Crippen LogP contribution in [0.25, 0.3) is 21.5 Å². The summed E-state index contributed by atoms with van der Waals surface area (Å²) < 4.78 is 1.32. The average molecular weight is 431 g/mol. The maximum Gasteiger partial charge on any atom is 0.262 e. The number of rotatable bonds is 4. The molecule has 28 heavy (non-hydrogen) atoms. The monoisotopic (exact) mass is 430 g/mol. The molecule has 9 heteroatoms. The van der Waals surface area contributed by atoms with Crippen LogP contribution < -0.4 is 10.9 Å². The smallest absolute Gasteiger partial charge is 0.262 e. The summed E-state index contributed by atoms with van der Waals surface area (Å²) in [6, 6.07) is 7.32. The van der Waals surface area contributed by atoms with Crippen LogP contribution in [-0.4, -0.2) is 20.4 Å². The molecule has 1 amide bonds. The first kappa shape index (κ1) is 18.8. The highest BCUT2D eigenvalue weighted by Gasteiger charge is 2.14. The van der Waals surface area contributed by atoms with Crippen LogP contribution in [0.2, 0.25) is 5.02 Å². The third kappa shape index (κ3) is 3.58. The summed E-state index contributed by atoms with van der Waals surface area (Å²) in [5.41, 5.74) is 2.37. The molecule has 0 saturated heterocycles. The molecule has 0 bridgehead atoms. The number of benzene rings is 1. The highest BCUT2D eigenvalue weighted by Crippen LogP contribution is 2.27. The average Bonchev–Trinajstić information content (AvgIpc) is 3.23. The number of amides is 1. The van der Waals surface area contributed by atoms with Crippen molar-refractivity contribution in [2.45, 2.75) is 20.4 Å². The molecule has 0 spiro atoms. The van der Waals surface area contributed by atoms with E-state index in [1.165, 1.54) is 33.6 Å². The number of hydrogen-bond donors (Lipinski definition) is 1. The van der Waals surface area contributed by atoms with Crippen molar-refractivity contribution in [1.29, 1.82) is 0 Å². The molecule has 3 heterocycles. The normalized spacial score (nSPS) is 11.1. The van der Waals surface area contributed by atoms with Crippen molar-refractivity contribution in [1.82, 2.24) is 14.5 Å². The van der Waals surface area contributed by atoms with Crippen molar-refractivity contribution in [3.8, 4) is 11.3 Å². The van der Waals surface area contributed by atoms with Crippen molar-refractivity contribution in [2.24, 2.45) is 0 Å². The van der Waals surface area contributed by atoms with E-state index in [9.17, 15) is 9.59 Å². The van der Waals surface area contributed by atoms with Gasteiger partial charge in [0.1, 0.15) is 11.4 Å². The lowest BCUT2D eigenvalue weighted by atomic mass is 10.2. The minimum Gasteiger partial charge on any atom is -0.300 e. The SMILES string of the molecule is Cc1sc2ncn(CC(=O)Nc3nc(-c4ccc(Cl)cc4)cs3)c(=O)c2c1C. The summed E-state index contributed by atoms with van der Waals surface area (Å²) in [5, 5.41) is 6.31. The zero-order chi connectivity index (χ0) is 19.8. The van der Waals surface area contributed by atoms with E-state index in [1.807, 2.05) is 31.4 Å². The Kier molecular flexibility index (Phi) is 5.01. The summed E-state index contributed by atoms with van der Waals surface area (Å²) in [4.78, 5) is 35.6. The lowest BCUT2D eigenvalue weighted by molar-refractivity contribution is -0.116. The molecule has 3 aromatic heterocycles. The predicted molar refractivity (Wildman–Crippen MR) is 115 cm³/mol. The quantitative estimate of drug-likeness (QED) is 0.517. The van der Waals surface area contributed by atoms with Gasteiger partial charge in [0, 0.05) is 20.8 Å². The molecule has 0 radical (unpaired) electrons. The number of anilines is 1. The number of carbonyl (C=O) groups is 1. The molecular formula is C19H15ClN4O2S2. The lowest BCUT2D eigenvalue weighted by Crippen LogP contribution is -2.27. The molecule has 1 N–H and O–H groups in total. The maximum absolute atomic E-state index is 12.7. The Morgan fingerprint density at radius 3 is 2.75 bits per heavy atom. The Morgan fingerprint density at radius 2 is 2.00 bits per heavy atom. The second-order valence-electron chi connectivity index (χ2n) is 6.23. The van der Waals surface area contributed by atoms with E-state index < -0.39 is 0 Å². The van der Waals surface area contributed by atoms with E-state index in [1.54, 1.807) is 12.1 Å². The van der Waals surface area contributed by atoms with Crippen LogP contribution in [-0.2, 0) is 11.3 Å². The van der Waals surface area contributed by atoms with Gasteiger partial charge in [0.2, 0.25) is 5.91 Å². The molecule has 4 rings (SSSR count). The number of hydrogen-bond acceptors (Lipinski definition) is 6. The zero-order valence-corrected chi connectivity index (χ0v) is 17.4. The van der Waals surface area contributed by atoms with Crippen molar-refractivity contribution < 1.29 is 4.79 Å². The summed E-state index contributed by atoms with van der Waals surface area (Å²) in [6.45, 7) is 3.74. The third-order valence-corrected chi connectivity index (χ3v) is 6.49. The van der Waals surface area contributed by atoms with Gasteiger partial charge in [-0.3, -0.25) is 14.2 Å². The molecule has 0 unspecified atom stereocenters. The van der Waals surface area contributed by atoms with Gasteiger partial charge in [-0.25, -0.2) is 9.97 Å². The molecule has 0 aliphatic rings. The summed E-state index contributed by atoms with van der Waals surface area (Å²) >= 11 is 8.71. The lowest BCUT2D eigenvalue weighted by Gasteiger charge is -2.05. The minimum absolute atomic E-state index is 0.119. The number of nitrogens with one attached hydrogen (secondary N) is 1. The molecule has 4 aromatic rings. The molecular weight excluding hydrogens is 416 g/mol. The molecule has 142 valence electrons. The van der Waals surface area contributed by atoms with Crippen LogP contribution >= 0.6 is 34.3 Å². The maximum atomic E-state index is 12.7. The van der Waals surface area contributed by atoms with Gasteiger partial charge >= 0.3 is 0 Å². The first-order valence-corrected chi connectivity index (χ1v) is 10.5. The third-order valence-electron chi connectivity index (χ3n) is 4.36. The molecule has 0 aliphatic carbocycles. The fourth-order valence-electron chi connectivity index (χ4n) is 2.78. The largest absolute Gasteiger partial charge is 0.300 e. The second kappa shape index (κ2) is 7.46. The van der Waals surface area contributed by atoms with E-state index in [-0.39, 0.29) is 18.0 Å². The number of aryl methyl sites for hydroxylation is 2. The number of carbonyl (C=O) groups excluding carboxylic acids is 1. The van der Waals surface area contributed by atoms with Crippen LogP contribution in [0.3, 0.4) is 0 Å². The van der Waals surface area contributed by atoms with Gasteiger partial charge in [-0.05, 0) is 31.5 Å². The van der Waals surface area contributed by atoms with E-state index in [0.717, 1.165) is 21.7 Å². The Hall–Kier alpha value is -2.55. The Morgan fingerprint density at radius 1 is 1.25 bits per heavy atom. The van der Waals surface area contributed by atoms with Crippen molar-refractivity contribution in [3.63, 3.8) is 0 Å². The molecule has 0 fully saturated rings. The molecule has 0 aliphatic heterocycles. The first-order chi connectivity index (χ1) is 13.4. The van der Waals surface area contributed by atoms with Gasteiger partial charge in [0.25, 0.3) is 5.56 Å². The van der Waals surface area contributed by atoms with Gasteiger partial charge in [0.15, 0.2) is 5.13 Å². The van der Waals surface area contributed by atoms with E-state index >= 15 is 0 Å². The molecule has 0 atom stereocenters. The van der Waals surface area contributed by atoms with Crippen LogP contribution in [0.15, 0.2) is 40.8 Å². The van der Waals surface area contributed by atoms with Crippen LogP contribution in [0, 0.1) is 13.8 Å². The Bertz CT molecular complexity index is 1240. The number of nitrogens with zero attached hydrogens (tertiary/aromatic N) is 3. The Balaban J connectivity index is 1.51. The highest BCUT2D eigenvalue weighted by atomic mass is 35.5. The van der Waals surface area contributed by atoms with Gasteiger partial charge in [-0.2, -0.15) is 0 Å². The number of thiazole rings is 1. The standard InChI is InChI=1S/C19H15ClN4O2S2/c1-10-11(2)28-17-16(10)18(26)24(9-21-17)7-15(25)23-19-22-14(8-27-19)12-3-5-13(20)6-4-12/h3-6,8-9H,7H2,1-2H3,(H,22,23,25). The van der Waals surface area contributed by atoms with Gasteiger partial charge in [-0.15, -0.1) is 22.7 Å². The van der Waals surface area contributed by atoms with Crippen LogP contribution in [0.4, 0.5) is 5.13 Å². The molecule has 0 saturated carbocycles. The minimum atomic E-state index is -0.329. The number of fused-ring (bicyclic) bond motifs is 1. The van der Waals surface area contributed by atoms with E-state index in [0.29, 0.717) is 20.4 Å². The van der Waals surface area contributed by atoms with Crippen LogP contribution in [0.5, 0.6) is 0 Å². The number of halogens is 1. The Labute approximate surface area is 173 Å². The number of aromatic nitrogens is 3. The second-order valence-corrected chi connectivity index (χ2v) is 8.73. The number of thiophene rings is 1. The van der Waals surface area contributed by atoms with Crippen LogP contribution in [0.1, 0.15) is 10.4 Å². The van der Waals surface area contributed by atoms with Crippen molar-refractivity contribution in [3.05, 3.63) is 61.8 Å². The highest BCUT2D eigenvalue weighted by molar-refractivity contribution is 7.18. The van der Waals surface area contributed by atoms with E-state index in [4.69, 9.17) is 11.6 Å². The van der Waals surface area contributed by atoms with Gasteiger partial charge in [0.05, 0.1) is 17.4 Å². The zero-order valence-electron chi connectivity index (χ0n) is 15.0. The van der Waals surface area contributed by atoms with Crippen molar-refractivity contribution >= 4 is 55.5 Å². The molecule has 1 aromatic carbocycles. The fraction of sp³-hybridized carbons (Fsp3) is 0.158. The fourth-order valence-corrected chi connectivity index (χ4v) is 4.63. The molecule has 6 nitrogen and oxygen atoms in total. The van der Waals surface area contributed by atoms with Gasteiger partial charge in [-0.1, -0.05) is 23.7 Å².